The molecule has 0 spiro atoms. The minimum Gasteiger partial charge on any atom is -0.507 e. The summed E-state index contributed by atoms with van der Waals surface area (Å²) in [7, 11) is 1.38. The van der Waals surface area contributed by atoms with Gasteiger partial charge in [-0.3, -0.25) is 4.79 Å². The lowest BCUT2D eigenvalue weighted by Crippen LogP contribution is -2.02. The number of hydrogen-bond acceptors (Lipinski definition) is 5. The Morgan fingerprint density at radius 3 is 2.61 bits per heavy atom. The van der Waals surface area contributed by atoms with E-state index in [1.807, 2.05) is 50.3 Å². The second kappa shape index (κ2) is 8.05. The fraction of sp³-hybridized carbons (Fsp3) is 0.174. The topological polar surface area (TPSA) is 79.9 Å². The molecule has 0 saturated carbocycles. The van der Waals surface area contributed by atoms with Crippen LogP contribution in [0.4, 0.5) is 0 Å². The first kappa shape index (κ1) is 19.3. The SMILES string of the molecule is COc1cc(O)c(CC=C(C)C)c(O)c1C(=O)/C=C/c1cc2ccccc2o1. The predicted octanol–water partition coefficient (Wildman–Crippen LogP) is 5.26. The van der Waals surface area contributed by atoms with E-state index in [2.05, 4.69) is 0 Å². The van der Waals surface area contributed by atoms with Gasteiger partial charge in [0.05, 0.1) is 7.11 Å². The first-order valence-electron chi connectivity index (χ1n) is 8.87. The molecule has 0 unspecified atom stereocenters. The third kappa shape index (κ3) is 3.93. The van der Waals surface area contributed by atoms with Crippen molar-refractivity contribution in [2.45, 2.75) is 20.3 Å². The third-order valence-electron chi connectivity index (χ3n) is 4.37. The van der Waals surface area contributed by atoms with E-state index in [-0.39, 0.29) is 28.4 Å². The van der Waals surface area contributed by atoms with Crippen molar-refractivity contribution in [3.05, 3.63) is 71.0 Å². The van der Waals surface area contributed by atoms with Crippen LogP contribution in [0.1, 0.15) is 35.5 Å². The number of fused-ring (bicyclic) bond motifs is 1. The zero-order valence-corrected chi connectivity index (χ0v) is 16.0. The maximum absolute atomic E-state index is 12.8. The van der Waals surface area contributed by atoms with Gasteiger partial charge in [-0.15, -0.1) is 0 Å². The first-order valence-corrected chi connectivity index (χ1v) is 8.87. The number of aromatic hydroxyl groups is 2. The van der Waals surface area contributed by atoms with Crippen LogP contribution in [0.5, 0.6) is 17.2 Å². The molecule has 1 heterocycles. The number of allylic oxidation sites excluding steroid dienone is 3. The van der Waals surface area contributed by atoms with Crippen molar-refractivity contribution < 1.29 is 24.2 Å². The van der Waals surface area contributed by atoms with Crippen molar-refractivity contribution in [1.29, 1.82) is 0 Å². The monoisotopic (exact) mass is 378 g/mol. The van der Waals surface area contributed by atoms with Crippen LogP contribution >= 0.6 is 0 Å². The smallest absolute Gasteiger partial charge is 0.193 e. The summed E-state index contributed by atoms with van der Waals surface area (Å²) in [5.41, 5.74) is 2.04. The number of phenols is 2. The number of para-hydroxylation sites is 1. The predicted molar refractivity (Wildman–Crippen MR) is 109 cm³/mol. The molecule has 1 aromatic heterocycles. The van der Waals surface area contributed by atoms with E-state index in [1.165, 1.54) is 19.3 Å². The molecule has 0 aliphatic heterocycles. The molecule has 144 valence electrons. The molecule has 3 aromatic rings. The number of carbonyl (C=O) groups excluding carboxylic acids is 1. The lowest BCUT2D eigenvalue weighted by atomic mass is 9.99. The highest BCUT2D eigenvalue weighted by Crippen LogP contribution is 2.39. The number of ketones is 1. The van der Waals surface area contributed by atoms with Crippen molar-refractivity contribution in [1.82, 2.24) is 0 Å². The summed E-state index contributed by atoms with van der Waals surface area (Å²) in [5, 5.41) is 21.8. The van der Waals surface area contributed by atoms with Crippen LogP contribution in [0.2, 0.25) is 0 Å². The van der Waals surface area contributed by atoms with Gasteiger partial charge in [-0.25, -0.2) is 0 Å². The molecule has 0 aliphatic rings. The maximum Gasteiger partial charge on any atom is 0.193 e. The molecule has 5 nitrogen and oxygen atoms in total. The number of methoxy groups -OCH3 is 1. The van der Waals surface area contributed by atoms with Gasteiger partial charge in [0.2, 0.25) is 0 Å². The molecule has 2 aromatic carbocycles. The highest BCUT2D eigenvalue weighted by molar-refractivity contribution is 6.11. The number of rotatable bonds is 6. The van der Waals surface area contributed by atoms with E-state index in [4.69, 9.17) is 9.15 Å². The number of ether oxygens (including phenoxy) is 1. The van der Waals surface area contributed by atoms with Crippen LogP contribution in [-0.4, -0.2) is 23.1 Å². The Hall–Kier alpha value is -3.47. The number of benzene rings is 2. The van der Waals surface area contributed by atoms with Crippen molar-refractivity contribution in [2.75, 3.05) is 7.11 Å². The Morgan fingerprint density at radius 2 is 1.93 bits per heavy atom. The van der Waals surface area contributed by atoms with Gasteiger partial charge in [0.1, 0.15) is 34.2 Å². The molecule has 28 heavy (non-hydrogen) atoms. The van der Waals surface area contributed by atoms with Crippen LogP contribution in [0, 0.1) is 0 Å². The number of phenolic OH excluding ortho intramolecular Hbond substituents is 2. The van der Waals surface area contributed by atoms with Gasteiger partial charge in [0.25, 0.3) is 0 Å². The highest BCUT2D eigenvalue weighted by Gasteiger charge is 2.22. The number of hydrogen-bond donors (Lipinski definition) is 2. The summed E-state index contributed by atoms with van der Waals surface area (Å²) < 4.78 is 10.9. The van der Waals surface area contributed by atoms with E-state index >= 15 is 0 Å². The summed E-state index contributed by atoms with van der Waals surface area (Å²) in [6, 6.07) is 10.7. The van der Waals surface area contributed by atoms with E-state index in [0.717, 1.165) is 16.5 Å². The molecule has 3 rings (SSSR count). The quantitative estimate of drug-likeness (QED) is 0.347. The minimum absolute atomic E-state index is 0.00446. The Labute approximate surface area is 163 Å². The standard InChI is InChI=1S/C23H22O5/c1-14(2)8-10-17-19(25)13-21(27-3)22(23(17)26)18(24)11-9-16-12-15-6-4-5-7-20(15)28-16/h4-9,11-13,25-26H,10H2,1-3H3/b11-9+. The molecule has 0 radical (unpaired) electrons. The fourth-order valence-corrected chi connectivity index (χ4v) is 2.90. The number of furan rings is 1. The Balaban J connectivity index is 1.97. The molecule has 0 amide bonds. The summed E-state index contributed by atoms with van der Waals surface area (Å²) in [6.45, 7) is 3.83. The second-order valence-corrected chi connectivity index (χ2v) is 6.67. The molecule has 2 N–H and O–H groups in total. The van der Waals surface area contributed by atoms with Gasteiger partial charge in [-0.05, 0) is 44.6 Å². The van der Waals surface area contributed by atoms with E-state index in [0.29, 0.717) is 12.2 Å². The highest BCUT2D eigenvalue weighted by atomic mass is 16.5. The third-order valence-corrected chi connectivity index (χ3v) is 4.37. The second-order valence-electron chi connectivity index (χ2n) is 6.67. The van der Waals surface area contributed by atoms with E-state index < -0.39 is 5.78 Å². The zero-order valence-electron chi connectivity index (χ0n) is 16.0. The first-order chi connectivity index (χ1) is 13.4. The van der Waals surface area contributed by atoms with Gasteiger partial charge in [0.15, 0.2) is 5.78 Å². The van der Waals surface area contributed by atoms with Gasteiger partial charge < -0.3 is 19.4 Å². The lowest BCUT2D eigenvalue weighted by Gasteiger charge is -2.13. The minimum atomic E-state index is -0.451. The van der Waals surface area contributed by atoms with Crippen molar-refractivity contribution >= 4 is 22.8 Å². The van der Waals surface area contributed by atoms with Crippen molar-refractivity contribution in [2.24, 2.45) is 0 Å². The van der Waals surface area contributed by atoms with Gasteiger partial charge in [0, 0.05) is 17.0 Å². The molecular weight excluding hydrogens is 356 g/mol. The average molecular weight is 378 g/mol. The van der Waals surface area contributed by atoms with Gasteiger partial charge in [-0.2, -0.15) is 0 Å². The largest absolute Gasteiger partial charge is 0.507 e. The molecule has 5 heteroatoms. The molecule has 0 aliphatic carbocycles. The van der Waals surface area contributed by atoms with Gasteiger partial charge in [-0.1, -0.05) is 29.8 Å². The van der Waals surface area contributed by atoms with Crippen LogP contribution in [0.15, 0.2) is 58.5 Å². The fourth-order valence-electron chi connectivity index (χ4n) is 2.90. The summed E-state index contributed by atoms with van der Waals surface area (Å²) in [4.78, 5) is 12.8. The molecule has 0 bridgehead atoms. The average Bonchev–Trinajstić information content (AvgIpc) is 3.08. The van der Waals surface area contributed by atoms with E-state index in [1.54, 1.807) is 6.08 Å². The van der Waals surface area contributed by atoms with Gasteiger partial charge >= 0.3 is 0 Å². The van der Waals surface area contributed by atoms with E-state index in [9.17, 15) is 15.0 Å². The maximum atomic E-state index is 12.8. The lowest BCUT2D eigenvalue weighted by molar-refractivity contribution is 0.104. The summed E-state index contributed by atoms with van der Waals surface area (Å²) in [6.07, 6.45) is 5.03. The van der Waals surface area contributed by atoms with Crippen LogP contribution < -0.4 is 4.74 Å². The molecule has 0 atom stereocenters. The summed E-state index contributed by atoms with van der Waals surface area (Å²) >= 11 is 0. The zero-order chi connectivity index (χ0) is 20.3. The van der Waals surface area contributed by atoms with Crippen LogP contribution in [0.3, 0.4) is 0 Å². The summed E-state index contributed by atoms with van der Waals surface area (Å²) in [5.74, 6) is -0.224. The van der Waals surface area contributed by atoms with Crippen molar-refractivity contribution in [3.8, 4) is 17.2 Å². The van der Waals surface area contributed by atoms with Crippen LogP contribution in [-0.2, 0) is 6.42 Å². The molecule has 0 fully saturated rings. The Bertz CT molecular complexity index is 1050. The Kier molecular flexibility index (Phi) is 5.54. The molecule has 0 saturated heterocycles. The molecular formula is C23H22O5. The normalized spacial score (nSPS) is 11.1. The van der Waals surface area contributed by atoms with Crippen molar-refractivity contribution in [3.63, 3.8) is 0 Å². The Morgan fingerprint density at radius 1 is 1.18 bits per heavy atom. The number of carbonyl (C=O) groups is 1. The van der Waals surface area contributed by atoms with Crippen LogP contribution in [0.25, 0.3) is 17.0 Å².